The summed E-state index contributed by atoms with van der Waals surface area (Å²) >= 11 is 0. The van der Waals surface area contributed by atoms with Crippen LogP contribution in [0.15, 0.2) is 23.1 Å². The largest absolute Gasteiger partial charge is 0.339 e. The Labute approximate surface area is 175 Å². The molecule has 0 aliphatic carbocycles. The number of carbonyl (C=O) groups excluding carboxylic acids is 1. The van der Waals surface area contributed by atoms with Crippen molar-refractivity contribution in [2.45, 2.75) is 38.0 Å². The first kappa shape index (κ1) is 22.2. The molecule has 2 saturated heterocycles. The molecule has 0 atom stereocenters. The first-order valence-electron chi connectivity index (χ1n) is 10.7. The van der Waals surface area contributed by atoms with Gasteiger partial charge in [-0.3, -0.25) is 4.79 Å². The van der Waals surface area contributed by atoms with Crippen LogP contribution in [0, 0.1) is 13.8 Å². The fraction of sp³-hybridized carbons (Fsp3) is 0.667. The van der Waals surface area contributed by atoms with E-state index in [-0.39, 0.29) is 12.5 Å². The number of hydrogen-bond donors (Lipinski definition) is 1. The summed E-state index contributed by atoms with van der Waals surface area (Å²) in [6, 6.07) is 5.47. The minimum absolute atomic E-state index is 0.0937. The van der Waals surface area contributed by atoms with Gasteiger partial charge < -0.3 is 15.1 Å². The lowest BCUT2D eigenvalue weighted by Crippen LogP contribution is -2.51. The maximum atomic E-state index is 13.5. The molecular formula is C21H34N4O3S. The highest BCUT2D eigenvalue weighted by molar-refractivity contribution is 7.89. The molecule has 0 bridgehead atoms. The second-order valence-corrected chi connectivity index (χ2v) is 10.0. The van der Waals surface area contributed by atoms with Crippen LogP contribution >= 0.6 is 0 Å². The average molecular weight is 423 g/mol. The molecule has 1 aromatic rings. The third kappa shape index (κ3) is 5.78. The predicted octanol–water partition coefficient (Wildman–Crippen LogP) is 1.21. The van der Waals surface area contributed by atoms with Crippen LogP contribution in [0.25, 0.3) is 0 Å². The second kappa shape index (κ2) is 10.0. The van der Waals surface area contributed by atoms with E-state index in [9.17, 15) is 13.2 Å². The van der Waals surface area contributed by atoms with Crippen LogP contribution in [-0.4, -0.2) is 87.3 Å². The summed E-state index contributed by atoms with van der Waals surface area (Å²) < 4.78 is 28.4. The van der Waals surface area contributed by atoms with Crippen molar-refractivity contribution in [3.8, 4) is 0 Å². The zero-order chi connectivity index (χ0) is 20.9. The molecule has 1 N–H and O–H groups in total. The number of hydrogen-bond acceptors (Lipinski definition) is 5. The van der Waals surface area contributed by atoms with Crippen LogP contribution < -0.4 is 5.32 Å². The van der Waals surface area contributed by atoms with Gasteiger partial charge >= 0.3 is 0 Å². The maximum Gasteiger partial charge on any atom is 0.243 e. The van der Waals surface area contributed by atoms with Gasteiger partial charge in [0.2, 0.25) is 15.9 Å². The molecule has 0 saturated carbocycles. The Kier molecular flexibility index (Phi) is 7.67. The van der Waals surface area contributed by atoms with Crippen molar-refractivity contribution in [3.63, 3.8) is 0 Å². The molecule has 0 spiro atoms. The SMILES string of the molecule is Cc1ccc(C)c(S(=O)(=O)N(CCN2CCCCC2)CC(=O)N2CCNCC2)c1. The fourth-order valence-corrected chi connectivity index (χ4v) is 5.70. The standard InChI is InChI=1S/C21H34N4O3S/c1-18-6-7-19(2)20(16-18)29(27,28)25(15-14-23-10-4-3-5-11-23)17-21(26)24-12-8-22-9-13-24/h6-7,16,22H,3-5,8-15,17H2,1-2H3. The van der Waals surface area contributed by atoms with Crippen LogP contribution in [0.5, 0.6) is 0 Å². The maximum absolute atomic E-state index is 13.5. The van der Waals surface area contributed by atoms with Gasteiger partial charge in [0.25, 0.3) is 0 Å². The molecule has 2 heterocycles. The average Bonchev–Trinajstić information content (AvgIpc) is 2.73. The number of sulfonamides is 1. The van der Waals surface area contributed by atoms with Gasteiger partial charge in [0, 0.05) is 39.3 Å². The number of nitrogens with one attached hydrogen (secondary N) is 1. The molecule has 1 aromatic carbocycles. The van der Waals surface area contributed by atoms with Crippen molar-refractivity contribution in [1.29, 1.82) is 0 Å². The summed E-state index contributed by atoms with van der Waals surface area (Å²) in [5.74, 6) is -0.112. The molecule has 2 aliphatic heterocycles. The van der Waals surface area contributed by atoms with Crippen LogP contribution in [0.3, 0.4) is 0 Å². The number of nitrogens with zero attached hydrogens (tertiary/aromatic N) is 3. The minimum Gasteiger partial charge on any atom is -0.339 e. The number of likely N-dealkylation sites (tertiary alicyclic amines) is 1. The van der Waals surface area contributed by atoms with Gasteiger partial charge in [-0.05, 0) is 57.0 Å². The second-order valence-electron chi connectivity index (χ2n) is 8.14. The quantitative estimate of drug-likeness (QED) is 0.715. The number of piperidine rings is 1. The van der Waals surface area contributed by atoms with E-state index in [0.717, 1.165) is 44.6 Å². The van der Waals surface area contributed by atoms with E-state index in [1.807, 2.05) is 26.0 Å². The first-order valence-corrected chi connectivity index (χ1v) is 12.1. The lowest BCUT2D eigenvalue weighted by atomic mass is 10.1. The number of carbonyl (C=O) groups is 1. The molecule has 2 fully saturated rings. The predicted molar refractivity (Wildman–Crippen MR) is 114 cm³/mol. The first-order chi connectivity index (χ1) is 13.9. The van der Waals surface area contributed by atoms with Crippen molar-refractivity contribution in [2.75, 3.05) is 58.9 Å². The van der Waals surface area contributed by atoms with Gasteiger partial charge in [-0.25, -0.2) is 8.42 Å². The van der Waals surface area contributed by atoms with Gasteiger partial charge in [0.15, 0.2) is 0 Å². The van der Waals surface area contributed by atoms with Gasteiger partial charge in [0.05, 0.1) is 11.4 Å². The monoisotopic (exact) mass is 422 g/mol. The molecule has 0 aromatic heterocycles. The summed E-state index contributed by atoms with van der Waals surface area (Å²) in [4.78, 5) is 17.3. The Morgan fingerprint density at radius 1 is 1.07 bits per heavy atom. The van der Waals surface area contributed by atoms with E-state index in [1.54, 1.807) is 11.0 Å². The molecule has 2 aliphatic rings. The lowest BCUT2D eigenvalue weighted by molar-refractivity contribution is -0.132. The van der Waals surface area contributed by atoms with Crippen molar-refractivity contribution in [3.05, 3.63) is 29.3 Å². The lowest BCUT2D eigenvalue weighted by Gasteiger charge is -2.32. The van der Waals surface area contributed by atoms with Gasteiger partial charge in [0.1, 0.15) is 0 Å². The third-order valence-corrected chi connectivity index (χ3v) is 7.84. The summed E-state index contributed by atoms with van der Waals surface area (Å²) in [6.45, 7) is 9.38. The Hall–Kier alpha value is -1.48. The number of amides is 1. The number of rotatable bonds is 7. The van der Waals surface area contributed by atoms with Crippen LogP contribution in [0.1, 0.15) is 30.4 Å². The summed E-state index contributed by atoms with van der Waals surface area (Å²) in [7, 11) is -3.75. The molecule has 29 heavy (non-hydrogen) atoms. The topological polar surface area (TPSA) is 73.0 Å². The highest BCUT2D eigenvalue weighted by atomic mass is 32.2. The van der Waals surface area contributed by atoms with Crippen LogP contribution in [-0.2, 0) is 14.8 Å². The van der Waals surface area contributed by atoms with Gasteiger partial charge in [-0.2, -0.15) is 4.31 Å². The van der Waals surface area contributed by atoms with Crippen molar-refractivity contribution in [1.82, 2.24) is 19.4 Å². The smallest absolute Gasteiger partial charge is 0.243 e. The van der Waals surface area contributed by atoms with Gasteiger partial charge in [-0.1, -0.05) is 18.6 Å². The normalized spacial score (nSPS) is 18.9. The van der Waals surface area contributed by atoms with E-state index >= 15 is 0 Å². The Bertz CT molecular complexity index is 800. The summed E-state index contributed by atoms with van der Waals surface area (Å²) in [6.07, 6.45) is 3.55. The van der Waals surface area contributed by atoms with Gasteiger partial charge in [-0.15, -0.1) is 0 Å². The Morgan fingerprint density at radius 3 is 2.45 bits per heavy atom. The zero-order valence-corrected chi connectivity index (χ0v) is 18.5. The number of benzene rings is 1. The zero-order valence-electron chi connectivity index (χ0n) is 17.7. The highest BCUT2D eigenvalue weighted by Gasteiger charge is 2.30. The van der Waals surface area contributed by atoms with E-state index in [0.29, 0.717) is 36.6 Å². The van der Waals surface area contributed by atoms with Crippen LogP contribution in [0.4, 0.5) is 0 Å². The van der Waals surface area contributed by atoms with E-state index in [1.165, 1.54) is 10.7 Å². The molecule has 162 valence electrons. The van der Waals surface area contributed by atoms with E-state index < -0.39 is 10.0 Å². The number of aryl methyl sites for hydroxylation is 2. The molecule has 1 amide bonds. The minimum atomic E-state index is -3.75. The van der Waals surface area contributed by atoms with Crippen molar-refractivity contribution in [2.24, 2.45) is 0 Å². The highest BCUT2D eigenvalue weighted by Crippen LogP contribution is 2.22. The fourth-order valence-electron chi connectivity index (χ4n) is 4.01. The molecular weight excluding hydrogens is 388 g/mol. The Morgan fingerprint density at radius 2 is 1.76 bits per heavy atom. The summed E-state index contributed by atoms with van der Waals surface area (Å²) in [5, 5.41) is 3.23. The summed E-state index contributed by atoms with van der Waals surface area (Å²) in [5.41, 5.74) is 1.62. The number of piperazine rings is 1. The third-order valence-electron chi connectivity index (χ3n) is 5.86. The molecule has 3 rings (SSSR count). The van der Waals surface area contributed by atoms with Crippen molar-refractivity contribution >= 4 is 15.9 Å². The van der Waals surface area contributed by atoms with E-state index in [4.69, 9.17) is 0 Å². The molecule has 8 heteroatoms. The Balaban J connectivity index is 1.80. The van der Waals surface area contributed by atoms with Crippen LogP contribution in [0.2, 0.25) is 0 Å². The van der Waals surface area contributed by atoms with E-state index in [2.05, 4.69) is 10.2 Å². The van der Waals surface area contributed by atoms with Crippen molar-refractivity contribution < 1.29 is 13.2 Å². The molecule has 0 unspecified atom stereocenters. The molecule has 0 radical (unpaired) electrons. The molecule has 7 nitrogen and oxygen atoms in total.